The maximum atomic E-state index is 5.74. The number of hydrogen-bond acceptors (Lipinski definition) is 3. The Kier molecular flexibility index (Phi) is 3.47. The molecule has 2 N–H and O–H groups in total. The van der Waals surface area contributed by atoms with Gasteiger partial charge >= 0.3 is 0 Å². The zero-order valence-corrected chi connectivity index (χ0v) is 11.0. The van der Waals surface area contributed by atoms with Gasteiger partial charge in [0.15, 0.2) is 0 Å². The largest absolute Gasteiger partial charge is 0.399 e. The van der Waals surface area contributed by atoms with Crippen molar-refractivity contribution < 1.29 is 0 Å². The smallest absolute Gasteiger partial charge is 0.0314 e. The van der Waals surface area contributed by atoms with Crippen molar-refractivity contribution in [3.8, 4) is 0 Å². The van der Waals surface area contributed by atoms with Crippen LogP contribution in [0, 0.1) is 0 Å². The standard InChI is InChI=1S/C16H19N3/c17-16-3-1-14(2-4-16)15-7-10-19(12-15)11-13-5-8-18-9-6-13/h1-6,8-9,15H,7,10-12,17H2. The molecule has 2 heterocycles. The molecule has 1 saturated heterocycles. The van der Waals surface area contributed by atoms with E-state index < -0.39 is 0 Å². The highest BCUT2D eigenvalue weighted by Crippen LogP contribution is 2.28. The molecule has 1 unspecified atom stereocenters. The third-order valence-corrected chi connectivity index (χ3v) is 3.84. The van der Waals surface area contributed by atoms with Crippen molar-refractivity contribution in [2.45, 2.75) is 18.9 Å². The van der Waals surface area contributed by atoms with Crippen molar-refractivity contribution >= 4 is 5.69 Å². The van der Waals surface area contributed by atoms with Crippen molar-refractivity contribution in [3.05, 3.63) is 59.9 Å². The third-order valence-electron chi connectivity index (χ3n) is 3.84. The molecule has 1 aromatic carbocycles. The fraction of sp³-hybridized carbons (Fsp3) is 0.312. The molecular weight excluding hydrogens is 234 g/mol. The zero-order valence-electron chi connectivity index (χ0n) is 11.0. The quantitative estimate of drug-likeness (QED) is 0.855. The van der Waals surface area contributed by atoms with Gasteiger partial charge in [-0.25, -0.2) is 0 Å². The van der Waals surface area contributed by atoms with Crippen LogP contribution in [0.5, 0.6) is 0 Å². The average Bonchev–Trinajstić information content (AvgIpc) is 2.89. The van der Waals surface area contributed by atoms with Crippen LogP contribution in [0.2, 0.25) is 0 Å². The minimum Gasteiger partial charge on any atom is -0.399 e. The Bertz CT molecular complexity index is 521. The molecule has 0 aliphatic carbocycles. The number of rotatable bonds is 3. The molecular formula is C16H19N3. The van der Waals surface area contributed by atoms with Crippen molar-refractivity contribution in [3.63, 3.8) is 0 Å². The zero-order chi connectivity index (χ0) is 13.1. The number of nitrogen functional groups attached to an aromatic ring is 1. The molecule has 98 valence electrons. The Labute approximate surface area is 114 Å². The summed E-state index contributed by atoms with van der Waals surface area (Å²) < 4.78 is 0. The maximum absolute atomic E-state index is 5.74. The van der Waals surface area contributed by atoms with E-state index in [1.165, 1.54) is 17.5 Å². The van der Waals surface area contributed by atoms with Gasteiger partial charge in [0.25, 0.3) is 0 Å². The van der Waals surface area contributed by atoms with Gasteiger partial charge in [-0.05, 0) is 54.3 Å². The van der Waals surface area contributed by atoms with Gasteiger partial charge in [0, 0.05) is 31.2 Å². The SMILES string of the molecule is Nc1ccc(C2CCN(Cc3ccncc3)C2)cc1. The van der Waals surface area contributed by atoms with Gasteiger partial charge in [-0.2, -0.15) is 0 Å². The maximum Gasteiger partial charge on any atom is 0.0314 e. The number of nitrogens with two attached hydrogens (primary N) is 1. The Morgan fingerprint density at radius 2 is 1.84 bits per heavy atom. The highest BCUT2D eigenvalue weighted by atomic mass is 15.1. The van der Waals surface area contributed by atoms with E-state index in [9.17, 15) is 0 Å². The summed E-state index contributed by atoms with van der Waals surface area (Å²) in [6.07, 6.45) is 4.96. The molecule has 1 aromatic heterocycles. The lowest BCUT2D eigenvalue weighted by Crippen LogP contribution is -2.19. The van der Waals surface area contributed by atoms with E-state index >= 15 is 0 Å². The number of hydrogen-bond donors (Lipinski definition) is 1. The van der Waals surface area contributed by atoms with E-state index in [2.05, 4.69) is 34.1 Å². The predicted octanol–water partition coefficient (Wildman–Crippen LogP) is 2.65. The Hall–Kier alpha value is -1.87. The van der Waals surface area contributed by atoms with Crippen LogP contribution in [-0.4, -0.2) is 23.0 Å². The number of aromatic nitrogens is 1. The summed E-state index contributed by atoms with van der Waals surface area (Å²) in [5.41, 5.74) is 9.33. The molecule has 1 atom stereocenters. The molecule has 19 heavy (non-hydrogen) atoms. The second-order valence-electron chi connectivity index (χ2n) is 5.24. The molecule has 0 bridgehead atoms. The summed E-state index contributed by atoms with van der Waals surface area (Å²) >= 11 is 0. The predicted molar refractivity (Wildman–Crippen MR) is 77.7 cm³/mol. The summed E-state index contributed by atoms with van der Waals surface area (Å²) in [6, 6.07) is 12.5. The van der Waals surface area contributed by atoms with E-state index in [-0.39, 0.29) is 0 Å². The van der Waals surface area contributed by atoms with Crippen molar-refractivity contribution in [1.29, 1.82) is 0 Å². The van der Waals surface area contributed by atoms with Gasteiger partial charge in [-0.3, -0.25) is 9.88 Å². The first-order valence-electron chi connectivity index (χ1n) is 6.78. The molecule has 3 heteroatoms. The normalized spacial score (nSPS) is 19.7. The minimum absolute atomic E-state index is 0.641. The molecule has 1 aliphatic heterocycles. The Balaban J connectivity index is 1.62. The molecule has 0 radical (unpaired) electrons. The third kappa shape index (κ3) is 2.93. The molecule has 1 fully saturated rings. The molecule has 3 nitrogen and oxygen atoms in total. The Morgan fingerprint density at radius 1 is 1.11 bits per heavy atom. The minimum atomic E-state index is 0.641. The van der Waals surface area contributed by atoms with E-state index in [4.69, 9.17) is 5.73 Å². The summed E-state index contributed by atoms with van der Waals surface area (Å²) in [4.78, 5) is 6.57. The van der Waals surface area contributed by atoms with Crippen molar-refractivity contribution in [2.24, 2.45) is 0 Å². The van der Waals surface area contributed by atoms with Crippen LogP contribution in [0.4, 0.5) is 5.69 Å². The van der Waals surface area contributed by atoms with Crippen LogP contribution in [0.3, 0.4) is 0 Å². The molecule has 0 saturated carbocycles. The molecule has 3 rings (SSSR count). The number of likely N-dealkylation sites (tertiary alicyclic amines) is 1. The van der Waals surface area contributed by atoms with Gasteiger partial charge in [-0.15, -0.1) is 0 Å². The van der Waals surface area contributed by atoms with Gasteiger partial charge < -0.3 is 5.73 Å². The first kappa shape index (κ1) is 12.2. The van der Waals surface area contributed by atoms with E-state index in [1.807, 2.05) is 24.5 Å². The molecule has 0 amide bonds. The van der Waals surface area contributed by atoms with Gasteiger partial charge in [-0.1, -0.05) is 12.1 Å². The van der Waals surface area contributed by atoms with Crippen LogP contribution < -0.4 is 5.73 Å². The fourth-order valence-corrected chi connectivity index (χ4v) is 2.76. The van der Waals surface area contributed by atoms with Crippen LogP contribution in [0.1, 0.15) is 23.5 Å². The number of anilines is 1. The number of nitrogens with zero attached hydrogens (tertiary/aromatic N) is 2. The van der Waals surface area contributed by atoms with Crippen LogP contribution in [0.15, 0.2) is 48.8 Å². The van der Waals surface area contributed by atoms with E-state index in [0.29, 0.717) is 5.92 Å². The summed E-state index contributed by atoms with van der Waals surface area (Å²) in [7, 11) is 0. The second-order valence-corrected chi connectivity index (χ2v) is 5.24. The van der Waals surface area contributed by atoms with Crippen LogP contribution in [0.25, 0.3) is 0 Å². The second kappa shape index (κ2) is 5.41. The summed E-state index contributed by atoms with van der Waals surface area (Å²) in [5.74, 6) is 0.641. The average molecular weight is 253 g/mol. The van der Waals surface area contributed by atoms with Crippen molar-refractivity contribution in [1.82, 2.24) is 9.88 Å². The molecule has 2 aromatic rings. The fourth-order valence-electron chi connectivity index (χ4n) is 2.76. The first-order chi connectivity index (χ1) is 9.31. The van der Waals surface area contributed by atoms with Crippen LogP contribution in [-0.2, 0) is 6.54 Å². The lowest BCUT2D eigenvalue weighted by molar-refractivity contribution is 0.327. The van der Waals surface area contributed by atoms with Gasteiger partial charge in [0.05, 0.1) is 0 Å². The van der Waals surface area contributed by atoms with E-state index in [0.717, 1.165) is 25.3 Å². The van der Waals surface area contributed by atoms with Gasteiger partial charge in [0.1, 0.15) is 0 Å². The topological polar surface area (TPSA) is 42.1 Å². The highest BCUT2D eigenvalue weighted by molar-refractivity contribution is 5.40. The first-order valence-corrected chi connectivity index (χ1v) is 6.78. The number of pyridine rings is 1. The molecule has 1 aliphatic rings. The van der Waals surface area contributed by atoms with Crippen molar-refractivity contribution in [2.75, 3.05) is 18.8 Å². The van der Waals surface area contributed by atoms with Gasteiger partial charge in [0.2, 0.25) is 0 Å². The summed E-state index contributed by atoms with van der Waals surface area (Å²) in [6.45, 7) is 3.32. The monoisotopic (exact) mass is 253 g/mol. The summed E-state index contributed by atoms with van der Waals surface area (Å²) in [5, 5.41) is 0. The lowest BCUT2D eigenvalue weighted by atomic mass is 9.98. The lowest BCUT2D eigenvalue weighted by Gasteiger charge is -2.16. The molecule has 0 spiro atoms. The highest BCUT2D eigenvalue weighted by Gasteiger charge is 2.23. The number of benzene rings is 1. The van der Waals surface area contributed by atoms with Crippen LogP contribution >= 0.6 is 0 Å². The van der Waals surface area contributed by atoms with E-state index in [1.54, 1.807) is 0 Å². The Morgan fingerprint density at radius 3 is 2.58 bits per heavy atom.